The zero-order valence-electron chi connectivity index (χ0n) is 11.9. The number of halogens is 3. The van der Waals surface area contributed by atoms with E-state index in [1.807, 2.05) is 4.90 Å². The van der Waals surface area contributed by atoms with Crippen LogP contribution < -0.4 is 0 Å². The van der Waals surface area contributed by atoms with Crippen molar-refractivity contribution in [1.29, 1.82) is 0 Å². The van der Waals surface area contributed by atoms with Gasteiger partial charge in [-0.25, -0.2) is 8.78 Å². The zero-order valence-corrected chi connectivity index (χ0v) is 13.5. The van der Waals surface area contributed by atoms with E-state index in [1.165, 1.54) is 19.2 Å². The van der Waals surface area contributed by atoms with Crippen molar-refractivity contribution >= 4 is 21.9 Å². The summed E-state index contributed by atoms with van der Waals surface area (Å²) in [6.07, 6.45) is 3.08. The molecule has 1 aromatic rings. The maximum Gasteiger partial charge on any atom is 0.307 e. The molecule has 1 fully saturated rings. The molecule has 116 valence electrons. The molecule has 2 rings (SSSR count). The molecule has 1 aliphatic heterocycles. The molecule has 1 atom stereocenters. The summed E-state index contributed by atoms with van der Waals surface area (Å²) in [5, 5.41) is 0. The van der Waals surface area contributed by atoms with E-state index >= 15 is 0 Å². The highest BCUT2D eigenvalue weighted by Crippen LogP contribution is 2.27. The lowest BCUT2D eigenvalue weighted by molar-refractivity contribution is -0.142. The van der Waals surface area contributed by atoms with Gasteiger partial charge in [0.05, 0.1) is 18.0 Å². The summed E-state index contributed by atoms with van der Waals surface area (Å²) in [7, 11) is 1.35. The Kier molecular flexibility index (Phi) is 5.70. The van der Waals surface area contributed by atoms with Crippen molar-refractivity contribution in [3.05, 3.63) is 33.8 Å². The standard InChI is InChI=1S/C15H18BrF2NO2/c1-21-14(20)8-10-4-2-3-7-19(10)9-11-13(17)6-5-12(16)15(11)18/h5-6,10H,2-4,7-9H2,1H3. The molecule has 1 unspecified atom stereocenters. The minimum atomic E-state index is -0.572. The Morgan fingerprint density at radius 1 is 1.43 bits per heavy atom. The molecule has 3 nitrogen and oxygen atoms in total. The fraction of sp³-hybridized carbons (Fsp3) is 0.533. The third-order valence-electron chi connectivity index (χ3n) is 3.88. The quantitative estimate of drug-likeness (QED) is 0.605. The molecule has 0 aromatic heterocycles. The third kappa shape index (κ3) is 4.01. The minimum Gasteiger partial charge on any atom is -0.469 e. The lowest BCUT2D eigenvalue weighted by Gasteiger charge is -2.35. The number of nitrogens with zero attached hydrogens (tertiary/aromatic N) is 1. The molecule has 6 heteroatoms. The van der Waals surface area contributed by atoms with Crippen molar-refractivity contribution in [2.24, 2.45) is 0 Å². The number of likely N-dealkylation sites (tertiary alicyclic amines) is 1. The van der Waals surface area contributed by atoms with E-state index in [4.69, 9.17) is 4.74 Å². The predicted octanol–water partition coefficient (Wildman–Crippen LogP) is 3.64. The summed E-state index contributed by atoms with van der Waals surface area (Å²) < 4.78 is 32.9. The van der Waals surface area contributed by atoms with Crippen molar-refractivity contribution in [2.75, 3.05) is 13.7 Å². The van der Waals surface area contributed by atoms with Crippen molar-refractivity contribution in [3.8, 4) is 0 Å². The molecule has 21 heavy (non-hydrogen) atoms. The van der Waals surface area contributed by atoms with Crippen molar-refractivity contribution in [2.45, 2.75) is 38.3 Å². The molecule has 1 heterocycles. The van der Waals surface area contributed by atoms with Crippen LogP contribution in [0.4, 0.5) is 8.78 Å². The Morgan fingerprint density at radius 2 is 2.19 bits per heavy atom. The second kappa shape index (κ2) is 7.31. The first-order valence-electron chi connectivity index (χ1n) is 6.96. The van der Waals surface area contributed by atoms with Gasteiger partial charge in [-0.2, -0.15) is 0 Å². The summed E-state index contributed by atoms with van der Waals surface area (Å²) in [6.45, 7) is 0.895. The number of hydrogen-bond donors (Lipinski definition) is 0. The highest BCUT2D eigenvalue weighted by Gasteiger charge is 2.27. The van der Waals surface area contributed by atoms with Crippen molar-refractivity contribution in [3.63, 3.8) is 0 Å². The summed E-state index contributed by atoms with van der Waals surface area (Å²) in [4.78, 5) is 13.4. The molecule has 0 spiro atoms. The number of esters is 1. The fourth-order valence-electron chi connectivity index (χ4n) is 2.69. The number of carbonyl (C=O) groups is 1. The maximum atomic E-state index is 14.1. The topological polar surface area (TPSA) is 29.5 Å². The second-order valence-corrected chi connectivity index (χ2v) is 6.08. The normalized spacial score (nSPS) is 19.5. The Bertz CT molecular complexity index is 525. The van der Waals surface area contributed by atoms with E-state index in [9.17, 15) is 13.6 Å². The Hall–Kier alpha value is -1.01. The predicted molar refractivity (Wildman–Crippen MR) is 78.7 cm³/mol. The van der Waals surface area contributed by atoms with Gasteiger partial charge in [0.25, 0.3) is 0 Å². The highest BCUT2D eigenvalue weighted by atomic mass is 79.9. The smallest absolute Gasteiger partial charge is 0.307 e. The lowest BCUT2D eigenvalue weighted by atomic mass is 9.98. The van der Waals surface area contributed by atoms with Gasteiger partial charge in [-0.3, -0.25) is 9.69 Å². The monoisotopic (exact) mass is 361 g/mol. The van der Waals surface area contributed by atoms with Gasteiger partial charge >= 0.3 is 5.97 Å². The van der Waals surface area contributed by atoms with Crippen LogP contribution in [-0.2, 0) is 16.1 Å². The van der Waals surface area contributed by atoms with Gasteiger partial charge in [0.15, 0.2) is 0 Å². The van der Waals surface area contributed by atoms with Gasteiger partial charge in [-0.1, -0.05) is 6.42 Å². The van der Waals surface area contributed by atoms with E-state index in [0.717, 1.165) is 25.8 Å². The van der Waals surface area contributed by atoms with E-state index in [0.29, 0.717) is 0 Å². The largest absolute Gasteiger partial charge is 0.469 e. The average molecular weight is 362 g/mol. The molecule has 0 radical (unpaired) electrons. The molecule has 0 aliphatic carbocycles. The molecular formula is C15H18BrF2NO2. The first-order valence-corrected chi connectivity index (χ1v) is 7.75. The molecule has 1 saturated heterocycles. The Morgan fingerprint density at radius 3 is 2.90 bits per heavy atom. The highest BCUT2D eigenvalue weighted by molar-refractivity contribution is 9.10. The van der Waals surface area contributed by atoms with Crippen LogP contribution in [0.3, 0.4) is 0 Å². The molecular weight excluding hydrogens is 344 g/mol. The van der Waals surface area contributed by atoms with Gasteiger partial charge in [-0.15, -0.1) is 0 Å². The summed E-state index contributed by atoms with van der Waals surface area (Å²) in [6, 6.07) is 2.59. The average Bonchev–Trinajstić information content (AvgIpc) is 2.49. The van der Waals surface area contributed by atoms with Crippen LogP contribution in [0.2, 0.25) is 0 Å². The van der Waals surface area contributed by atoms with E-state index in [2.05, 4.69) is 15.9 Å². The number of piperidine rings is 1. The van der Waals surface area contributed by atoms with Gasteiger partial charge in [0.1, 0.15) is 11.6 Å². The molecule has 0 amide bonds. The number of rotatable bonds is 4. The molecule has 0 N–H and O–H groups in total. The van der Waals surface area contributed by atoms with E-state index < -0.39 is 11.6 Å². The van der Waals surface area contributed by atoms with Crippen LogP contribution in [0.25, 0.3) is 0 Å². The van der Waals surface area contributed by atoms with Crippen LogP contribution in [0, 0.1) is 11.6 Å². The summed E-state index contributed by atoms with van der Waals surface area (Å²) in [5.74, 6) is -1.42. The summed E-state index contributed by atoms with van der Waals surface area (Å²) >= 11 is 3.08. The molecule has 0 saturated carbocycles. The van der Waals surface area contributed by atoms with Gasteiger partial charge in [-0.05, 0) is 47.4 Å². The van der Waals surface area contributed by atoms with E-state index in [1.54, 1.807) is 0 Å². The zero-order chi connectivity index (χ0) is 15.4. The van der Waals surface area contributed by atoms with Crippen LogP contribution >= 0.6 is 15.9 Å². The Labute approximate surface area is 131 Å². The first kappa shape index (κ1) is 16.4. The maximum absolute atomic E-state index is 14.1. The van der Waals surface area contributed by atoms with E-state index in [-0.39, 0.29) is 35.0 Å². The lowest BCUT2D eigenvalue weighted by Crippen LogP contribution is -2.40. The summed E-state index contributed by atoms with van der Waals surface area (Å²) in [5.41, 5.74) is 0.0427. The number of ether oxygens (including phenoxy) is 1. The van der Waals surface area contributed by atoms with Gasteiger partial charge in [0.2, 0.25) is 0 Å². The number of methoxy groups -OCH3 is 1. The van der Waals surface area contributed by atoms with Crippen LogP contribution in [0.1, 0.15) is 31.2 Å². The van der Waals surface area contributed by atoms with Crippen LogP contribution in [-0.4, -0.2) is 30.6 Å². The first-order chi connectivity index (χ1) is 10.0. The fourth-order valence-corrected chi connectivity index (χ4v) is 3.06. The second-order valence-electron chi connectivity index (χ2n) is 5.22. The molecule has 0 bridgehead atoms. The van der Waals surface area contributed by atoms with Crippen LogP contribution in [0.5, 0.6) is 0 Å². The molecule has 1 aliphatic rings. The van der Waals surface area contributed by atoms with Gasteiger partial charge in [0, 0.05) is 18.2 Å². The van der Waals surface area contributed by atoms with Crippen molar-refractivity contribution in [1.82, 2.24) is 4.90 Å². The van der Waals surface area contributed by atoms with Crippen molar-refractivity contribution < 1.29 is 18.3 Å². The number of hydrogen-bond acceptors (Lipinski definition) is 3. The third-order valence-corrected chi connectivity index (χ3v) is 4.49. The van der Waals surface area contributed by atoms with Gasteiger partial charge < -0.3 is 4.74 Å². The number of carbonyl (C=O) groups excluding carboxylic acids is 1. The van der Waals surface area contributed by atoms with Crippen LogP contribution in [0.15, 0.2) is 16.6 Å². The minimum absolute atomic E-state index is 0.0241. The molecule has 1 aromatic carbocycles. The SMILES string of the molecule is COC(=O)CC1CCCCN1Cc1c(F)ccc(Br)c1F. The number of benzene rings is 1. The Balaban J connectivity index is 2.16.